The first kappa shape index (κ1) is 15.7. The molecule has 21 heavy (non-hydrogen) atoms. The second-order valence-electron chi connectivity index (χ2n) is 5.12. The zero-order valence-corrected chi connectivity index (χ0v) is 12.9. The highest BCUT2D eigenvalue weighted by Gasteiger charge is 2.27. The third kappa shape index (κ3) is 3.72. The lowest BCUT2D eigenvalue weighted by Gasteiger charge is -2.37. The highest BCUT2D eigenvalue weighted by Crippen LogP contribution is 2.18. The van der Waals surface area contributed by atoms with Crippen molar-refractivity contribution in [1.82, 2.24) is 14.8 Å². The molecule has 1 aromatic rings. The number of hydrogen-bond acceptors (Lipinski definition) is 4. The van der Waals surface area contributed by atoms with Crippen molar-refractivity contribution >= 4 is 17.5 Å². The summed E-state index contributed by atoms with van der Waals surface area (Å²) in [7, 11) is 0. The lowest BCUT2D eigenvalue weighted by Crippen LogP contribution is -2.51. The molecule has 112 valence electrons. The van der Waals surface area contributed by atoms with Gasteiger partial charge in [0.15, 0.2) is 0 Å². The van der Waals surface area contributed by atoms with Gasteiger partial charge in [0.25, 0.3) is 5.91 Å². The number of carbonyl (C=O) groups excluding carboxylic acids is 1. The van der Waals surface area contributed by atoms with Crippen LogP contribution in [0.4, 0.5) is 0 Å². The minimum absolute atomic E-state index is 0.0470. The van der Waals surface area contributed by atoms with Crippen LogP contribution in [-0.4, -0.2) is 52.9 Å². The minimum Gasteiger partial charge on any atom is -0.336 e. The largest absolute Gasteiger partial charge is 0.336 e. The van der Waals surface area contributed by atoms with Crippen molar-refractivity contribution in [3.05, 3.63) is 29.0 Å². The van der Waals surface area contributed by atoms with Crippen LogP contribution < -0.4 is 0 Å². The Bertz CT molecular complexity index is 535. The highest BCUT2D eigenvalue weighted by atomic mass is 35.5. The van der Waals surface area contributed by atoms with Gasteiger partial charge in [0, 0.05) is 38.6 Å². The minimum atomic E-state index is -0.0863. The van der Waals surface area contributed by atoms with Crippen LogP contribution in [0.25, 0.3) is 0 Å². The van der Waals surface area contributed by atoms with Crippen LogP contribution in [0.2, 0.25) is 5.02 Å². The van der Waals surface area contributed by atoms with Gasteiger partial charge in [0.1, 0.15) is 0 Å². The Morgan fingerprint density at radius 2 is 2.19 bits per heavy atom. The van der Waals surface area contributed by atoms with Gasteiger partial charge in [-0.25, -0.2) is 0 Å². The molecular weight excluding hydrogens is 288 g/mol. The molecular formula is C15H19ClN4O. The summed E-state index contributed by atoms with van der Waals surface area (Å²) in [4.78, 5) is 20.3. The van der Waals surface area contributed by atoms with E-state index in [1.54, 1.807) is 17.2 Å². The summed E-state index contributed by atoms with van der Waals surface area (Å²) in [5, 5.41) is 9.63. The van der Waals surface area contributed by atoms with Crippen LogP contribution in [0.5, 0.6) is 0 Å². The Labute approximate surface area is 130 Å². The standard InChI is InChI=1S/C15H19ClN4O/c1-2-3-12(10-17)19-6-8-20(9-7-19)15(21)13-11-18-5-4-14(13)16/h4-5,11-12H,2-3,6-9H2,1H3. The van der Waals surface area contributed by atoms with Gasteiger partial charge < -0.3 is 4.90 Å². The van der Waals surface area contributed by atoms with Crippen molar-refractivity contribution in [1.29, 1.82) is 5.26 Å². The molecule has 1 amide bonds. The van der Waals surface area contributed by atoms with E-state index in [0.29, 0.717) is 23.7 Å². The van der Waals surface area contributed by atoms with E-state index in [2.05, 4.69) is 22.9 Å². The molecule has 1 aliphatic heterocycles. The van der Waals surface area contributed by atoms with E-state index in [4.69, 9.17) is 11.6 Å². The molecule has 1 aliphatic rings. The predicted molar refractivity (Wildman–Crippen MR) is 81.0 cm³/mol. The van der Waals surface area contributed by atoms with Gasteiger partial charge in [-0.15, -0.1) is 0 Å². The van der Waals surface area contributed by atoms with Crippen molar-refractivity contribution < 1.29 is 4.79 Å². The molecule has 0 aromatic carbocycles. The Kier molecular flexibility index (Phi) is 5.54. The Morgan fingerprint density at radius 1 is 1.48 bits per heavy atom. The number of aromatic nitrogens is 1. The monoisotopic (exact) mass is 306 g/mol. The summed E-state index contributed by atoms with van der Waals surface area (Å²) in [6, 6.07) is 3.92. The number of halogens is 1. The predicted octanol–water partition coefficient (Wildman–Crippen LogP) is 2.19. The fourth-order valence-electron chi connectivity index (χ4n) is 2.54. The molecule has 0 radical (unpaired) electrons. The highest BCUT2D eigenvalue weighted by molar-refractivity contribution is 6.33. The molecule has 1 fully saturated rings. The SMILES string of the molecule is CCCC(C#N)N1CCN(C(=O)c2cnccc2Cl)CC1. The summed E-state index contributed by atoms with van der Waals surface area (Å²) in [5.41, 5.74) is 0.443. The summed E-state index contributed by atoms with van der Waals surface area (Å²) in [6.45, 7) is 4.76. The first-order valence-electron chi connectivity index (χ1n) is 7.19. The lowest BCUT2D eigenvalue weighted by molar-refractivity contribution is 0.0601. The molecule has 6 heteroatoms. The Hall–Kier alpha value is -1.64. The molecule has 0 N–H and O–H groups in total. The lowest BCUT2D eigenvalue weighted by atomic mass is 10.1. The van der Waals surface area contributed by atoms with E-state index < -0.39 is 0 Å². The van der Waals surface area contributed by atoms with Crippen LogP contribution in [-0.2, 0) is 0 Å². The smallest absolute Gasteiger partial charge is 0.257 e. The van der Waals surface area contributed by atoms with Crippen molar-refractivity contribution in [2.45, 2.75) is 25.8 Å². The molecule has 1 unspecified atom stereocenters. The van der Waals surface area contributed by atoms with Crippen molar-refractivity contribution in [2.75, 3.05) is 26.2 Å². The van der Waals surface area contributed by atoms with Crippen molar-refractivity contribution in [2.24, 2.45) is 0 Å². The Morgan fingerprint density at radius 3 is 2.76 bits per heavy atom. The normalized spacial score (nSPS) is 17.3. The van der Waals surface area contributed by atoms with E-state index in [1.807, 2.05) is 0 Å². The fraction of sp³-hybridized carbons (Fsp3) is 0.533. The average molecular weight is 307 g/mol. The van der Waals surface area contributed by atoms with Crippen molar-refractivity contribution in [3.8, 4) is 6.07 Å². The molecule has 0 spiro atoms. The van der Waals surface area contributed by atoms with Crippen LogP contribution in [0.15, 0.2) is 18.5 Å². The zero-order chi connectivity index (χ0) is 15.2. The Balaban J connectivity index is 1.97. The number of hydrogen-bond donors (Lipinski definition) is 0. The maximum Gasteiger partial charge on any atom is 0.257 e. The number of piperazine rings is 1. The van der Waals surface area contributed by atoms with E-state index in [0.717, 1.165) is 25.9 Å². The molecule has 0 aliphatic carbocycles. The molecule has 1 saturated heterocycles. The molecule has 5 nitrogen and oxygen atoms in total. The number of pyridine rings is 1. The molecule has 1 atom stereocenters. The second kappa shape index (κ2) is 7.39. The number of nitrogens with zero attached hydrogens (tertiary/aromatic N) is 4. The number of nitriles is 1. The average Bonchev–Trinajstić information content (AvgIpc) is 2.52. The topological polar surface area (TPSA) is 60.2 Å². The first-order valence-corrected chi connectivity index (χ1v) is 7.57. The quantitative estimate of drug-likeness (QED) is 0.855. The van der Waals surface area contributed by atoms with Gasteiger partial charge in [0.05, 0.1) is 22.7 Å². The zero-order valence-electron chi connectivity index (χ0n) is 12.1. The van der Waals surface area contributed by atoms with Gasteiger partial charge in [-0.3, -0.25) is 14.7 Å². The maximum absolute atomic E-state index is 12.4. The van der Waals surface area contributed by atoms with Crippen LogP contribution in [0.3, 0.4) is 0 Å². The van der Waals surface area contributed by atoms with Crippen LogP contribution in [0.1, 0.15) is 30.1 Å². The molecule has 0 bridgehead atoms. The van der Waals surface area contributed by atoms with Gasteiger partial charge in [-0.2, -0.15) is 5.26 Å². The number of carbonyl (C=O) groups is 1. The number of amides is 1. The fourth-order valence-corrected chi connectivity index (χ4v) is 2.73. The summed E-state index contributed by atoms with van der Waals surface area (Å²) >= 11 is 6.04. The van der Waals surface area contributed by atoms with E-state index in [1.165, 1.54) is 6.20 Å². The molecule has 0 saturated carbocycles. The van der Waals surface area contributed by atoms with Gasteiger partial charge in [-0.05, 0) is 12.5 Å². The molecule has 1 aromatic heterocycles. The van der Waals surface area contributed by atoms with Gasteiger partial charge >= 0.3 is 0 Å². The second-order valence-corrected chi connectivity index (χ2v) is 5.52. The van der Waals surface area contributed by atoms with E-state index in [9.17, 15) is 10.1 Å². The van der Waals surface area contributed by atoms with Gasteiger partial charge in [0.2, 0.25) is 0 Å². The van der Waals surface area contributed by atoms with Gasteiger partial charge in [-0.1, -0.05) is 24.9 Å². The third-order valence-electron chi connectivity index (χ3n) is 3.75. The van der Waals surface area contributed by atoms with Crippen molar-refractivity contribution in [3.63, 3.8) is 0 Å². The number of rotatable bonds is 4. The molecule has 2 heterocycles. The maximum atomic E-state index is 12.4. The van der Waals surface area contributed by atoms with Crippen LogP contribution in [0, 0.1) is 11.3 Å². The third-order valence-corrected chi connectivity index (χ3v) is 4.08. The first-order chi connectivity index (χ1) is 10.2. The summed E-state index contributed by atoms with van der Waals surface area (Å²) < 4.78 is 0. The van der Waals surface area contributed by atoms with E-state index >= 15 is 0 Å². The van der Waals surface area contributed by atoms with E-state index in [-0.39, 0.29) is 11.9 Å². The summed E-state index contributed by atoms with van der Waals surface area (Å²) in [5.74, 6) is -0.0863. The van der Waals surface area contributed by atoms with Crippen LogP contribution >= 0.6 is 11.6 Å². The molecule has 2 rings (SSSR count). The summed E-state index contributed by atoms with van der Waals surface area (Å²) in [6.07, 6.45) is 4.94.